The second kappa shape index (κ2) is 43.1. The first kappa shape index (κ1) is 84.6. The summed E-state index contributed by atoms with van der Waals surface area (Å²) in [6, 6.07) is -9.47. The summed E-state index contributed by atoms with van der Waals surface area (Å²) in [6.07, 6.45) is 4.84. The van der Waals surface area contributed by atoms with Crippen molar-refractivity contribution in [3.63, 3.8) is 0 Å². The standard InChI is InChI=1S/C68H101N17O16S/c1-9-18-37(6)52(70)68-82-49(34-102-68)64(98)78-45(29-36(4)5)60(94)76-44(25-26-50(86)87)59(93)84-53(38(7)19-10-2)66(100)77-42-23-15-16-28-73-65(99)55(56(71)90)85-63(97)48(32-51(88)89)80-62(96)47(31-41-33-72-35-74-41)79-61(95)46(30-40-21-13-12-14-22-40)81-67(101)54(39(8)20-11-3)83-58(92)43(24-17-27-69)75-57(42)91/h9-14,21-22,33,35-39,42-49,52-55H,1-3,15-20,23-32,34,69-70H2,4-8H3,(H2,71,90)(H,72,74)(H,73,99)(H,75,91)(H,76,94)(H,77,100)(H,78,98)(H,79,95)(H,80,96)(H,81,101)(H,83,92)(H,84,93)(H,85,97)(H,86,87)(H,88,89). The Morgan fingerprint density at radius 3 is 1.90 bits per heavy atom. The fourth-order valence-corrected chi connectivity index (χ4v) is 12.3. The van der Waals surface area contributed by atoms with E-state index in [9.17, 15) is 77.3 Å². The second-order valence-corrected chi connectivity index (χ2v) is 27.0. The van der Waals surface area contributed by atoms with Crippen LogP contribution in [-0.4, -0.2) is 199 Å². The molecule has 1 aromatic heterocycles. The van der Waals surface area contributed by atoms with E-state index in [1.807, 2.05) is 6.92 Å². The number of amides is 12. The lowest BCUT2D eigenvalue weighted by atomic mass is 9.95. The van der Waals surface area contributed by atoms with Gasteiger partial charge in [-0.15, -0.1) is 31.5 Å². The summed E-state index contributed by atoms with van der Waals surface area (Å²) in [5, 5.41) is 48.4. The number of aromatic nitrogens is 2. The van der Waals surface area contributed by atoms with Crippen LogP contribution in [0.3, 0.4) is 0 Å². The summed E-state index contributed by atoms with van der Waals surface area (Å²) in [4.78, 5) is 207. The van der Waals surface area contributed by atoms with E-state index in [1.165, 1.54) is 36.4 Å². The van der Waals surface area contributed by atoms with Crippen molar-refractivity contribution in [3.05, 3.63) is 92.1 Å². The quantitative estimate of drug-likeness (QED) is 0.0284. The average Bonchev–Trinajstić information content (AvgIpc) is 1.39. The summed E-state index contributed by atoms with van der Waals surface area (Å²) < 4.78 is 0. The van der Waals surface area contributed by atoms with Gasteiger partial charge in [-0.25, -0.2) is 4.98 Å². The Labute approximate surface area is 596 Å². The minimum absolute atomic E-state index is 0.00349. The van der Waals surface area contributed by atoms with Crippen LogP contribution in [0.2, 0.25) is 0 Å². The zero-order valence-electron chi connectivity index (χ0n) is 58.3. The van der Waals surface area contributed by atoms with Gasteiger partial charge in [0.2, 0.25) is 65.0 Å². The molecule has 2 aliphatic heterocycles. The highest BCUT2D eigenvalue weighted by Gasteiger charge is 2.40. The number of H-pyrrole nitrogens is 1. The first-order valence-corrected chi connectivity index (χ1v) is 34.9. The van der Waals surface area contributed by atoms with Crippen LogP contribution in [0, 0.1) is 23.7 Å². The number of hydrogen-bond donors (Lipinski definition) is 17. The van der Waals surface area contributed by atoms with Crippen molar-refractivity contribution >= 4 is 99.6 Å². The predicted octanol–water partition coefficient (Wildman–Crippen LogP) is -1.57. The second-order valence-electron chi connectivity index (χ2n) is 25.9. The van der Waals surface area contributed by atoms with Crippen molar-refractivity contribution in [2.24, 2.45) is 45.9 Å². The van der Waals surface area contributed by atoms with Gasteiger partial charge < -0.3 is 90.9 Å². The molecule has 33 nitrogen and oxygen atoms in total. The van der Waals surface area contributed by atoms with Crippen molar-refractivity contribution < 1.29 is 77.3 Å². The maximum absolute atomic E-state index is 14.9. The number of thioether (sulfide) groups is 1. The summed E-state index contributed by atoms with van der Waals surface area (Å²) in [5.74, 6) is -16.9. The van der Waals surface area contributed by atoms with Gasteiger partial charge in [-0.2, -0.15) is 0 Å². The summed E-state index contributed by atoms with van der Waals surface area (Å²) >= 11 is 1.32. The normalized spacial score (nSPS) is 22.8. The number of carboxylic acid groups (broad SMARTS) is 2. The Hall–Kier alpha value is -9.83. The van der Waals surface area contributed by atoms with E-state index >= 15 is 0 Å². The highest BCUT2D eigenvalue weighted by atomic mass is 32.2. The van der Waals surface area contributed by atoms with Crippen LogP contribution >= 0.6 is 11.8 Å². The van der Waals surface area contributed by atoms with E-state index in [2.05, 4.69) is 93.2 Å². The van der Waals surface area contributed by atoms with Crippen LogP contribution in [0.5, 0.6) is 0 Å². The lowest BCUT2D eigenvalue weighted by Gasteiger charge is -2.30. The number of allylic oxidation sites excluding steroid dienone is 3. The van der Waals surface area contributed by atoms with E-state index < -0.39 is 186 Å². The number of aliphatic carboxylic acids is 2. The minimum atomic E-state index is -2.17. The third-order valence-corrected chi connectivity index (χ3v) is 18.1. The molecule has 0 aliphatic carbocycles. The van der Waals surface area contributed by atoms with Crippen molar-refractivity contribution in [1.82, 2.24) is 68.5 Å². The Morgan fingerprint density at radius 1 is 0.686 bits per heavy atom. The fourth-order valence-electron chi connectivity index (χ4n) is 11.1. The number of hydrogen-bond acceptors (Lipinski definition) is 19. The van der Waals surface area contributed by atoms with Gasteiger partial charge in [-0.05, 0) is 100.0 Å². The maximum Gasteiger partial charge on any atom is 0.305 e. The lowest BCUT2D eigenvalue weighted by Crippen LogP contribution is -2.62. The van der Waals surface area contributed by atoms with Gasteiger partial charge in [0.1, 0.15) is 60.4 Å². The monoisotopic (exact) mass is 1440 g/mol. The molecule has 12 amide bonds. The first-order chi connectivity index (χ1) is 48.4. The van der Waals surface area contributed by atoms with Gasteiger partial charge in [0.15, 0.2) is 6.04 Å². The van der Waals surface area contributed by atoms with Crippen molar-refractivity contribution in [2.45, 2.75) is 197 Å². The number of aliphatic imine (C=N–C) groups is 1. The summed E-state index contributed by atoms with van der Waals surface area (Å²) in [7, 11) is 0. The predicted molar refractivity (Wildman–Crippen MR) is 378 cm³/mol. The first-order valence-electron chi connectivity index (χ1n) is 34.0. The van der Waals surface area contributed by atoms with Crippen LogP contribution in [0.4, 0.5) is 0 Å². The van der Waals surface area contributed by atoms with Gasteiger partial charge in [-0.1, -0.05) is 83.2 Å². The van der Waals surface area contributed by atoms with E-state index in [0.29, 0.717) is 17.0 Å². The van der Waals surface area contributed by atoms with Crippen LogP contribution in [0.1, 0.15) is 123 Å². The van der Waals surface area contributed by atoms with Crippen molar-refractivity contribution in [1.29, 1.82) is 0 Å². The number of rotatable bonds is 33. The number of imidazole rings is 1. The van der Waals surface area contributed by atoms with Gasteiger partial charge in [0, 0.05) is 43.5 Å². The SMILES string of the molecule is C=CCC(C)C(N)C1=NC(C(=O)NC(CC(C)C)C(=O)NC(CCC(=O)O)C(=O)NC(C(=O)NC2CCCCNC(=O)C(C(N)=O)NC(=O)C(CC(=O)O)NC(=O)C(Cc3cnc[nH]3)NC(=O)C(Cc3ccccc3)NC(=O)C(C(C)CC=C)NC(=O)C(CCCN)NC2=O)C(C)CC=C)CS1. The molecule has 20 N–H and O–H groups in total. The molecule has 2 aliphatic rings. The number of aromatic amines is 1. The molecule has 560 valence electrons. The average molecular weight is 1440 g/mol. The summed E-state index contributed by atoms with van der Waals surface area (Å²) in [5.41, 5.74) is 18.8. The molecule has 3 heterocycles. The van der Waals surface area contributed by atoms with Gasteiger partial charge in [0.25, 0.3) is 5.91 Å². The van der Waals surface area contributed by atoms with Crippen LogP contribution in [-0.2, 0) is 80.0 Å². The van der Waals surface area contributed by atoms with Crippen LogP contribution in [0.25, 0.3) is 0 Å². The molecule has 15 unspecified atom stereocenters. The number of carboxylic acids is 2. The van der Waals surface area contributed by atoms with E-state index in [4.69, 9.17) is 17.2 Å². The topological polar surface area (TPSA) is 531 Å². The third kappa shape index (κ3) is 27.9. The Morgan fingerprint density at radius 2 is 1.29 bits per heavy atom. The Bertz CT molecular complexity index is 3300. The molecule has 0 spiro atoms. The molecule has 1 aromatic carbocycles. The highest BCUT2D eigenvalue weighted by Crippen LogP contribution is 2.25. The van der Waals surface area contributed by atoms with Crippen molar-refractivity contribution in [3.8, 4) is 0 Å². The van der Waals surface area contributed by atoms with Gasteiger partial charge in [0.05, 0.1) is 23.8 Å². The highest BCUT2D eigenvalue weighted by molar-refractivity contribution is 8.14. The molecule has 4 rings (SSSR count). The number of carbonyl (C=O) groups excluding carboxylic acids is 12. The minimum Gasteiger partial charge on any atom is -0.481 e. The number of primary amides is 1. The molecule has 34 heteroatoms. The van der Waals surface area contributed by atoms with Gasteiger partial charge >= 0.3 is 11.9 Å². The molecule has 102 heavy (non-hydrogen) atoms. The molecule has 15 atom stereocenters. The molecule has 0 bridgehead atoms. The van der Waals surface area contributed by atoms with E-state index in [1.54, 1.807) is 64.1 Å². The molecule has 0 radical (unpaired) electrons. The smallest absolute Gasteiger partial charge is 0.305 e. The number of nitrogens with two attached hydrogens (primary N) is 3. The van der Waals surface area contributed by atoms with Crippen molar-refractivity contribution in [2.75, 3.05) is 18.8 Å². The zero-order valence-corrected chi connectivity index (χ0v) is 59.1. The van der Waals surface area contributed by atoms with E-state index in [0.717, 1.165) is 0 Å². The molecular weight excluding hydrogens is 1340 g/mol. The van der Waals surface area contributed by atoms with Gasteiger partial charge in [-0.3, -0.25) is 72.1 Å². The summed E-state index contributed by atoms with van der Waals surface area (Å²) in [6.45, 7) is 19.7. The molecule has 1 fully saturated rings. The molecule has 2 aromatic rings. The third-order valence-electron chi connectivity index (χ3n) is 17.0. The number of benzene rings is 1. The van der Waals surface area contributed by atoms with Crippen LogP contribution < -0.4 is 75.7 Å². The molecule has 0 saturated carbocycles. The lowest BCUT2D eigenvalue weighted by molar-refractivity contribution is -0.142. The Balaban J connectivity index is 1.79. The van der Waals surface area contributed by atoms with Crippen LogP contribution in [0.15, 0.2) is 85.8 Å². The largest absolute Gasteiger partial charge is 0.481 e. The number of nitrogens with zero attached hydrogens (tertiary/aromatic N) is 2. The maximum atomic E-state index is 14.9. The Kier molecular flexibility index (Phi) is 35.7. The number of nitrogens with one attached hydrogen (secondary N) is 12. The van der Waals surface area contributed by atoms with E-state index in [-0.39, 0.29) is 101 Å². The zero-order chi connectivity index (χ0) is 75.8. The fraction of sp³-hybridized carbons (Fsp3) is 0.559. The number of carbonyl (C=O) groups is 14. The molecule has 1 saturated heterocycles. The molecular formula is C68H101N17O16S.